The van der Waals surface area contributed by atoms with Crippen molar-refractivity contribution >= 4 is 59.0 Å². The maximum Gasteiger partial charge on any atom is 0.356 e. The Bertz CT molecular complexity index is 2150. The summed E-state index contributed by atoms with van der Waals surface area (Å²) in [4.78, 5) is 94.3. The summed E-state index contributed by atoms with van der Waals surface area (Å²) in [6.45, 7) is 6.50. The second-order valence-electron chi connectivity index (χ2n) is 14.1. The molecule has 0 aliphatic carbocycles. The van der Waals surface area contributed by atoms with Gasteiger partial charge in [0.25, 0.3) is 0 Å². The summed E-state index contributed by atoms with van der Waals surface area (Å²) in [6, 6.07) is 13.2. The van der Waals surface area contributed by atoms with Crippen LogP contribution in [0.5, 0.6) is 0 Å². The van der Waals surface area contributed by atoms with Gasteiger partial charge in [0.05, 0.1) is 111 Å². The maximum absolute atomic E-state index is 13.9. The molecule has 0 spiro atoms. The van der Waals surface area contributed by atoms with Crippen LogP contribution in [0.25, 0.3) is 0 Å². The molecular formula is C46H54Cl2N4O14. The van der Waals surface area contributed by atoms with Crippen LogP contribution in [0.15, 0.2) is 106 Å². The summed E-state index contributed by atoms with van der Waals surface area (Å²) in [7, 11) is 5.73. The first-order valence-electron chi connectivity index (χ1n) is 20.8. The fourth-order valence-electron chi connectivity index (χ4n) is 7.15. The van der Waals surface area contributed by atoms with Gasteiger partial charge in [-0.3, -0.25) is 0 Å². The number of hydroxylamine groups is 4. The Morgan fingerprint density at radius 1 is 0.591 bits per heavy atom. The predicted octanol–water partition coefficient (Wildman–Crippen LogP) is 4.97. The Labute approximate surface area is 392 Å². The molecule has 20 heteroatoms. The Morgan fingerprint density at radius 3 is 1.27 bits per heavy atom. The second kappa shape index (κ2) is 25.6. The highest BCUT2D eigenvalue weighted by molar-refractivity contribution is 6.32. The average Bonchev–Trinajstić information content (AvgIpc) is 3.30. The third kappa shape index (κ3) is 12.4. The van der Waals surface area contributed by atoms with E-state index >= 15 is 0 Å². The number of methoxy groups -OCH3 is 2. The Morgan fingerprint density at radius 2 is 0.955 bits per heavy atom. The number of esters is 4. The number of benzene rings is 2. The third-order valence-corrected chi connectivity index (χ3v) is 10.8. The van der Waals surface area contributed by atoms with Crippen molar-refractivity contribution in [3.63, 3.8) is 0 Å². The number of ether oxygens (including phenoxy) is 6. The number of nitrogens with zero attached hydrogens (tertiary/aromatic N) is 2. The zero-order valence-corrected chi connectivity index (χ0v) is 39.5. The van der Waals surface area contributed by atoms with E-state index in [1.807, 2.05) is 0 Å². The maximum atomic E-state index is 13.9. The highest BCUT2D eigenvalue weighted by Crippen LogP contribution is 2.47. The first-order chi connectivity index (χ1) is 31.7. The van der Waals surface area contributed by atoms with E-state index in [1.165, 1.54) is 13.8 Å². The molecule has 2 aliphatic rings. The van der Waals surface area contributed by atoms with Crippen molar-refractivity contribution in [2.24, 2.45) is 0 Å². The van der Waals surface area contributed by atoms with Gasteiger partial charge in [-0.2, -0.15) is 10.1 Å². The summed E-state index contributed by atoms with van der Waals surface area (Å²) in [6.07, 6.45) is 1.46. The van der Waals surface area contributed by atoms with Gasteiger partial charge in [0.1, 0.15) is 0 Å². The van der Waals surface area contributed by atoms with E-state index < -0.39 is 47.7 Å². The minimum Gasteiger partial charge on any atom is -0.466 e. The zero-order valence-electron chi connectivity index (χ0n) is 38.0. The first kappa shape index (κ1) is 52.6. The molecule has 0 saturated heterocycles. The number of halogens is 2. The van der Waals surface area contributed by atoms with Crippen molar-refractivity contribution in [2.45, 2.75) is 39.5 Å². The number of hydrogen-bond donors (Lipinski definition) is 2. The van der Waals surface area contributed by atoms with Crippen molar-refractivity contribution in [1.82, 2.24) is 20.8 Å². The number of nitrogens with one attached hydrogen (secondary N) is 2. The molecule has 2 aromatic carbocycles. The van der Waals surface area contributed by atoms with Crippen LogP contribution in [0, 0.1) is 0 Å². The van der Waals surface area contributed by atoms with Crippen LogP contribution in [0.4, 0.5) is 0 Å². The summed E-state index contributed by atoms with van der Waals surface area (Å²) in [5.74, 6) is -8.15. The Balaban J connectivity index is 1.83. The van der Waals surface area contributed by atoms with Crippen molar-refractivity contribution in [3.8, 4) is 0 Å². The lowest BCUT2D eigenvalue weighted by Gasteiger charge is -2.37. The van der Waals surface area contributed by atoms with Gasteiger partial charge >= 0.3 is 35.8 Å². The predicted molar refractivity (Wildman–Crippen MR) is 240 cm³/mol. The normalized spacial score (nSPS) is 16.5. The van der Waals surface area contributed by atoms with Gasteiger partial charge in [0.15, 0.2) is 0 Å². The van der Waals surface area contributed by atoms with Crippen LogP contribution in [0.3, 0.4) is 0 Å². The van der Waals surface area contributed by atoms with E-state index in [4.69, 9.17) is 61.3 Å². The SMILES string of the molecule is CCOC(=O)C1=C(COCCNC)N(OC(=O)/C=C\C(=O)ON2C(C)=C(C(=O)OC)C(c3ccccc3Cl)C(C(=O)OCC)=C2COCCNC)C(C)=C(C(=O)OC)C1c1ccccc1Cl. The molecule has 0 fully saturated rings. The summed E-state index contributed by atoms with van der Waals surface area (Å²) >= 11 is 13.4. The van der Waals surface area contributed by atoms with Gasteiger partial charge in [0.2, 0.25) is 0 Å². The van der Waals surface area contributed by atoms with Crippen LogP contribution < -0.4 is 10.6 Å². The van der Waals surface area contributed by atoms with Crippen LogP contribution in [-0.2, 0) is 66.9 Å². The number of rotatable bonds is 22. The Hall–Kier alpha value is -6.02. The molecule has 2 aromatic rings. The molecule has 2 aliphatic heterocycles. The summed E-state index contributed by atoms with van der Waals surface area (Å²) < 4.78 is 33.1. The fraction of sp³-hybridized carbons (Fsp3) is 0.391. The van der Waals surface area contributed by atoms with Crippen molar-refractivity contribution in [3.05, 3.63) is 127 Å². The van der Waals surface area contributed by atoms with Crippen molar-refractivity contribution in [2.75, 3.05) is 81.0 Å². The molecule has 0 amide bonds. The highest BCUT2D eigenvalue weighted by atomic mass is 35.5. The molecule has 2 heterocycles. The smallest absolute Gasteiger partial charge is 0.356 e. The van der Waals surface area contributed by atoms with Gasteiger partial charge in [-0.05, 0) is 65.0 Å². The monoisotopic (exact) mass is 956 g/mol. The highest BCUT2D eigenvalue weighted by Gasteiger charge is 2.45. The van der Waals surface area contributed by atoms with Crippen LogP contribution in [0.1, 0.15) is 50.7 Å². The van der Waals surface area contributed by atoms with Gasteiger partial charge in [-0.25, -0.2) is 28.8 Å². The molecule has 0 saturated carbocycles. The minimum absolute atomic E-state index is 0.0130. The summed E-state index contributed by atoms with van der Waals surface area (Å²) in [5, 5.41) is 8.22. The number of carbonyl (C=O) groups is 6. The standard InChI is InChI=1S/C46H54Cl2N4O14/c1-9-63-45(57)41-33(25-61-23-21-49-5)51(27(3)37(43(55)59-7)39(41)29-15-11-13-17-31(29)47)65-35(53)19-20-36(54)66-52-28(4)38(44(56)60-8)40(30-16-12-14-18-32(30)48)42(46(58)64-10-2)34(52)26-62-24-22-50-6/h11-20,39-40,49-50H,9-10,21-26H2,1-8H3/b20-19-. The lowest BCUT2D eigenvalue weighted by molar-refractivity contribution is -0.173. The number of carbonyl (C=O) groups excluding carboxylic acids is 6. The lowest BCUT2D eigenvalue weighted by atomic mass is 9.80. The number of hydrogen-bond acceptors (Lipinski definition) is 18. The molecular weight excluding hydrogens is 903 g/mol. The van der Waals surface area contributed by atoms with E-state index in [-0.39, 0.29) is 94.8 Å². The minimum atomic E-state index is -1.18. The van der Waals surface area contributed by atoms with E-state index in [2.05, 4.69) is 10.6 Å². The molecule has 4 rings (SSSR count). The molecule has 0 bridgehead atoms. The lowest BCUT2D eigenvalue weighted by Crippen LogP contribution is -2.39. The summed E-state index contributed by atoms with van der Waals surface area (Å²) in [5.41, 5.74) is 0.242. The zero-order chi connectivity index (χ0) is 48.5. The van der Waals surface area contributed by atoms with Crippen LogP contribution in [0.2, 0.25) is 10.0 Å². The van der Waals surface area contributed by atoms with Gasteiger partial charge in [0, 0.05) is 35.3 Å². The van der Waals surface area contributed by atoms with Gasteiger partial charge in [-0.15, -0.1) is 0 Å². The average molecular weight is 958 g/mol. The van der Waals surface area contributed by atoms with Crippen LogP contribution >= 0.6 is 23.2 Å². The topological polar surface area (TPSA) is 207 Å². The van der Waals surface area contributed by atoms with E-state index in [0.29, 0.717) is 24.2 Å². The molecule has 356 valence electrons. The number of likely N-dealkylation sites (N-methyl/N-ethyl adjacent to an activating group) is 2. The molecule has 2 atom stereocenters. The molecule has 2 N–H and O–H groups in total. The van der Waals surface area contributed by atoms with Crippen molar-refractivity contribution < 1.29 is 66.9 Å². The number of allylic oxidation sites excluding steroid dienone is 2. The first-order valence-corrected chi connectivity index (χ1v) is 21.5. The molecule has 0 radical (unpaired) electrons. The van der Waals surface area contributed by atoms with Crippen LogP contribution in [-0.4, -0.2) is 127 Å². The quantitative estimate of drug-likeness (QED) is 0.0692. The molecule has 0 aromatic heterocycles. The largest absolute Gasteiger partial charge is 0.466 e. The molecule has 2 unspecified atom stereocenters. The van der Waals surface area contributed by atoms with Crippen molar-refractivity contribution in [1.29, 1.82) is 0 Å². The second-order valence-corrected chi connectivity index (χ2v) is 14.9. The van der Waals surface area contributed by atoms with Gasteiger partial charge < -0.3 is 48.7 Å². The van der Waals surface area contributed by atoms with Gasteiger partial charge in [-0.1, -0.05) is 59.6 Å². The molecule has 18 nitrogen and oxygen atoms in total. The van der Waals surface area contributed by atoms with E-state index in [1.54, 1.807) is 76.5 Å². The van der Waals surface area contributed by atoms with E-state index in [0.717, 1.165) is 36.5 Å². The fourth-order valence-corrected chi connectivity index (χ4v) is 7.64. The molecule has 66 heavy (non-hydrogen) atoms. The Kier molecular flexibility index (Phi) is 20.4. The van der Waals surface area contributed by atoms with E-state index in [9.17, 15) is 28.8 Å². The third-order valence-electron chi connectivity index (χ3n) is 10.1.